The molecular formula is C20H30Ni2. The fraction of sp³-hybridized carbons (Fsp3) is 0.500. The maximum atomic E-state index is 2.00. The van der Waals surface area contributed by atoms with Crippen LogP contribution in [0.15, 0.2) is 60.7 Å². The first-order valence-electron chi connectivity index (χ1n) is 8.33. The maximum Gasteiger partial charge on any atom is 2.00 e. The summed E-state index contributed by atoms with van der Waals surface area (Å²) in [6.45, 7) is 0. The zero-order chi connectivity index (χ0) is 14.1. The van der Waals surface area contributed by atoms with Crippen molar-refractivity contribution in [3.63, 3.8) is 0 Å². The van der Waals surface area contributed by atoms with Gasteiger partial charge in [-0.2, -0.15) is 36.4 Å². The molecule has 0 N–H and O–H groups in total. The van der Waals surface area contributed by atoms with Crippen LogP contribution in [0.4, 0.5) is 0 Å². The Morgan fingerprint density at radius 1 is 0.409 bits per heavy atom. The normalized spacial score (nSPS) is 14.5. The Morgan fingerprint density at radius 3 is 0.682 bits per heavy atom. The van der Waals surface area contributed by atoms with Crippen LogP contribution < -0.4 is 0 Å². The summed E-state index contributed by atoms with van der Waals surface area (Å²) >= 11 is 0. The van der Waals surface area contributed by atoms with Gasteiger partial charge in [-0.1, -0.05) is 64.2 Å². The molecule has 0 bridgehead atoms. The molecule has 2 saturated carbocycles. The van der Waals surface area contributed by atoms with Gasteiger partial charge in [-0.05, 0) is 0 Å². The van der Waals surface area contributed by atoms with Gasteiger partial charge in [-0.15, -0.1) is 0 Å². The van der Waals surface area contributed by atoms with E-state index in [-0.39, 0.29) is 33.0 Å². The van der Waals surface area contributed by atoms with Crippen LogP contribution in [0.2, 0.25) is 0 Å². The summed E-state index contributed by atoms with van der Waals surface area (Å²) in [6.07, 6.45) is 15.0. The van der Waals surface area contributed by atoms with Gasteiger partial charge in [-0.25, -0.2) is 24.3 Å². The summed E-state index contributed by atoms with van der Waals surface area (Å²) in [4.78, 5) is 0. The molecule has 0 nitrogen and oxygen atoms in total. The third kappa shape index (κ3) is 17.7. The molecule has 2 aliphatic carbocycles. The molecule has 0 radical (unpaired) electrons. The van der Waals surface area contributed by atoms with E-state index in [4.69, 9.17) is 0 Å². The molecule has 2 aliphatic rings. The Balaban J connectivity index is 0. The molecule has 0 saturated heterocycles. The Labute approximate surface area is 157 Å². The summed E-state index contributed by atoms with van der Waals surface area (Å²) in [7, 11) is 0. The number of rotatable bonds is 0. The van der Waals surface area contributed by atoms with E-state index < -0.39 is 0 Å². The number of hydrogen-bond donors (Lipinski definition) is 0. The van der Waals surface area contributed by atoms with Crippen LogP contribution in [0.5, 0.6) is 0 Å². The summed E-state index contributed by atoms with van der Waals surface area (Å²) in [5.41, 5.74) is 0. The zero-order valence-electron chi connectivity index (χ0n) is 13.5. The molecule has 22 heavy (non-hydrogen) atoms. The molecule has 0 unspecified atom stereocenters. The third-order valence-corrected chi connectivity index (χ3v) is 3.61. The van der Waals surface area contributed by atoms with Crippen molar-refractivity contribution in [1.82, 2.24) is 0 Å². The predicted octanol–water partition coefficient (Wildman–Crippen LogP) is 6.71. The van der Waals surface area contributed by atoms with Crippen molar-refractivity contribution >= 4 is 0 Å². The van der Waals surface area contributed by atoms with Crippen LogP contribution >= 0.6 is 0 Å². The third-order valence-electron chi connectivity index (χ3n) is 3.61. The Morgan fingerprint density at radius 2 is 0.591 bits per heavy atom. The molecule has 0 aromatic heterocycles. The van der Waals surface area contributed by atoms with Crippen LogP contribution in [-0.2, 0) is 33.0 Å². The minimum atomic E-state index is 0. The molecule has 4 rings (SSSR count). The summed E-state index contributed by atoms with van der Waals surface area (Å²) in [6, 6.07) is 20.0. The van der Waals surface area contributed by atoms with Gasteiger partial charge in [0.1, 0.15) is 0 Å². The second-order valence-electron chi connectivity index (χ2n) is 5.46. The van der Waals surface area contributed by atoms with Gasteiger partial charge in [0.2, 0.25) is 0 Å². The van der Waals surface area contributed by atoms with Crippen LogP contribution in [-0.4, -0.2) is 0 Å². The second kappa shape index (κ2) is 20.7. The first-order valence-corrected chi connectivity index (χ1v) is 8.33. The fourth-order valence-corrected chi connectivity index (χ4v) is 2.41. The van der Waals surface area contributed by atoms with Crippen molar-refractivity contribution in [2.45, 2.75) is 64.2 Å². The monoisotopic (exact) mass is 386 g/mol. The van der Waals surface area contributed by atoms with Crippen LogP contribution in [0.1, 0.15) is 64.2 Å². The number of hydrogen-bond acceptors (Lipinski definition) is 0. The standard InChI is InChI=1S/2C5H10.2C5H5.2Ni/c4*1-2-4-5-3-1;;/h2*1-5H2;2*1-5H;;/q;;2*-1;;+2. The van der Waals surface area contributed by atoms with Crippen molar-refractivity contribution in [3.05, 3.63) is 60.7 Å². The van der Waals surface area contributed by atoms with E-state index >= 15 is 0 Å². The average molecular weight is 388 g/mol. The van der Waals surface area contributed by atoms with E-state index in [9.17, 15) is 0 Å². The van der Waals surface area contributed by atoms with Crippen molar-refractivity contribution in [1.29, 1.82) is 0 Å². The molecule has 2 aromatic rings. The molecule has 2 aromatic carbocycles. The Bertz CT molecular complexity index is 244. The van der Waals surface area contributed by atoms with E-state index in [1.165, 1.54) is 64.2 Å². The van der Waals surface area contributed by atoms with Gasteiger partial charge in [0.25, 0.3) is 0 Å². The minimum absolute atomic E-state index is 0. The maximum absolute atomic E-state index is 2.00. The van der Waals surface area contributed by atoms with E-state index in [0.29, 0.717) is 0 Å². The summed E-state index contributed by atoms with van der Waals surface area (Å²) < 4.78 is 0. The quantitative estimate of drug-likeness (QED) is 0.348. The summed E-state index contributed by atoms with van der Waals surface area (Å²) in [5.74, 6) is 0. The Hall–Kier alpha value is -0.313. The molecule has 0 atom stereocenters. The smallest absolute Gasteiger partial charge is 0.214 e. The molecule has 0 spiro atoms. The fourth-order valence-electron chi connectivity index (χ4n) is 2.41. The van der Waals surface area contributed by atoms with E-state index in [0.717, 1.165) is 0 Å². The van der Waals surface area contributed by atoms with E-state index in [2.05, 4.69) is 0 Å². The molecule has 0 aliphatic heterocycles. The minimum Gasteiger partial charge on any atom is -0.214 e. The first kappa shape index (κ1) is 23.9. The molecule has 2 fully saturated rings. The molecule has 0 amide bonds. The van der Waals surface area contributed by atoms with Crippen LogP contribution in [0, 0.1) is 0 Å². The predicted molar refractivity (Wildman–Crippen MR) is 90.2 cm³/mol. The topological polar surface area (TPSA) is 0 Å². The van der Waals surface area contributed by atoms with Crippen LogP contribution in [0.25, 0.3) is 0 Å². The van der Waals surface area contributed by atoms with Gasteiger partial charge < -0.3 is 0 Å². The van der Waals surface area contributed by atoms with Crippen molar-refractivity contribution in [2.75, 3.05) is 0 Å². The molecule has 0 heterocycles. The molecule has 2 heteroatoms. The SMILES string of the molecule is C1CCCC1.C1CCCC1.[Ni+2].[Ni].c1cc[cH-]c1.c1cc[cH-]c1. The van der Waals surface area contributed by atoms with Gasteiger partial charge in [0, 0.05) is 16.5 Å². The van der Waals surface area contributed by atoms with Gasteiger partial charge >= 0.3 is 16.5 Å². The van der Waals surface area contributed by atoms with Crippen molar-refractivity contribution in [2.24, 2.45) is 0 Å². The first-order chi connectivity index (χ1) is 10.0. The van der Waals surface area contributed by atoms with Gasteiger partial charge in [-0.3, -0.25) is 0 Å². The summed E-state index contributed by atoms with van der Waals surface area (Å²) in [5, 5.41) is 0. The van der Waals surface area contributed by atoms with Crippen molar-refractivity contribution in [3.8, 4) is 0 Å². The molecule has 130 valence electrons. The van der Waals surface area contributed by atoms with Gasteiger partial charge in [0.15, 0.2) is 0 Å². The second-order valence-corrected chi connectivity index (χ2v) is 5.46. The van der Waals surface area contributed by atoms with Crippen molar-refractivity contribution < 1.29 is 33.0 Å². The Kier molecular flexibility index (Phi) is 22.5. The average Bonchev–Trinajstić information content (AvgIpc) is 3.40. The van der Waals surface area contributed by atoms with E-state index in [1.807, 2.05) is 60.7 Å². The van der Waals surface area contributed by atoms with Gasteiger partial charge in [0.05, 0.1) is 0 Å². The van der Waals surface area contributed by atoms with Crippen LogP contribution in [0.3, 0.4) is 0 Å². The molecular weight excluding hydrogens is 358 g/mol. The van der Waals surface area contributed by atoms with E-state index in [1.54, 1.807) is 0 Å². The zero-order valence-corrected chi connectivity index (χ0v) is 15.5. The largest absolute Gasteiger partial charge is 2.00 e.